The van der Waals surface area contributed by atoms with Gasteiger partial charge in [-0.3, -0.25) is 9.69 Å². The lowest BCUT2D eigenvalue weighted by molar-refractivity contribution is -0.117. The van der Waals surface area contributed by atoms with E-state index in [1.165, 1.54) is 5.69 Å². The average molecular weight is 458 g/mol. The highest BCUT2D eigenvalue weighted by Gasteiger charge is 2.27. The molecule has 0 saturated carbocycles. The van der Waals surface area contributed by atoms with Crippen LogP contribution < -0.4 is 14.5 Å². The molecule has 0 radical (unpaired) electrons. The van der Waals surface area contributed by atoms with E-state index in [-0.39, 0.29) is 5.91 Å². The maximum Gasteiger partial charge on any atom is 0.231 e. The number of benzene rings is 2. The number of anilines is 2. The predicted molar refractivity (Wildman–Crippen MR) is 121 cm³/mol. The number of halogens is 1. The molecule has 2 aromatic carbocycles. The molecule has 2 aromatic rings. The minimum atomic E-state index is 0.225. The number of carbonyl (C=O) groups is 1. The van der Waals surface area contributed by atoms with E-state index in [2.05, 4.69) is 50.0 Å². The van der Waals surface area contributed by atoms with Crippen LogP contribution in [0.15, 0.2) is 46.9 Å². The fourth-order valence-corrected chi connectivity index (χ4v) is 4.63. The number of unbranched alkanes of at least 4 members (excludes halogenated alkanes) is 1. The number of hydrogen-bond donors (Lipinski definition) is 0. The maximum absolute atomic E-state index is 12.3. The molecular weight excluding hydrogens is 430 g/mol. The van der Waals surface area contributed by atoms with E-state index in [9.17, 15) is 4.79 Å². The SMILES string of the molecule is COc1ccccc1N1CCN(CCCCN2C(=O)Cc3ccc(Br)cc32)CC1. The molecule has 1 saturated heterocycles. The second-order valence-electron chi connectivity index (χ2n) is 7.70. The van der Waals surface area contributed by atoms with Gasteiger partial charge in [0.25, 0.3) is 0 Å². The Morgan fingerprint density at radius 1 is 0.966 bits per heavy atom. The molecule has 0 unspecified atom stereocenters. The maximum atomic E-state index is 12.3. The van der Waals surface area contributed by atoms with Gasteiger partial charge in [-0.15, -0.1) is 0 Å². The summed E-state index contributed by atoms with van der Waals surface area (Å²) in [5.74, 6) is 1.17. The summed E-state index contributed by atoms with van der Waals surface area (Å²) in [5, 5.41) is 0. The lowest BCUT2D eigenvalue weighted by Gasteiger charge is -2.36. The third-order valence-corrected chi connectivity index (χ3v) is 6.38. The number of nitrogens with zero attached hydrogens (tertiary/aromatic N) is 3. The van der Waals surface area contributed by atoms with Crippen LogP contribution in [0.3, 0.4) is 0 Å². The fraction of sp³-hybridized carbons (Fsp3) is 0.435. The zero-order chi connectivity index (χ0) is 20.2. The Morgan fingerprint density at radius 3 is 2.52 bits per heavy atom. The number of fused-ring (bicyclic) bond motifs is 1. The minimum absolute atomic E-state index is 0.225. The normalized spacial score (nSPS) is 17.0. The summed E-state index contributed by atoms with van der Waals surface area (Å²) in [6.45, 7) is 6.07. The van der Waals surface area contributed by atoms with Gasteiger partial charge in [-0.1, -0.05) is 34.1 Å². The van der Waals surface area contributed by atoms with Gasteiger partial charge in [0.2, 0.25) is 5.91 Å². The van der Waals surface area contributed by atoms with Crippen LogP contribution in [-0.4, -0.2) is 57.2 Å². The van der Waals surface area contributed by atoms with Gasteiger partial charge < -0.3 is 14.5 Å². The van der Waals surface area contributed by atoms with Crippen molar-refractivity contribution in [3.63, 3.8) is 0 Å². The molecular formula is C23H28BrN3O2. The molecule has 5 nitrogen and oxygen atoms in total. The summed E-state index contributed by atoms with van der Waals surface area (Å²) in [4.78, 5) is 19.2. The second kappa shape index (κ2) is 9.18. The van der Waals surface area contributed by atoms with E-state index >= 15 is 0 Å². The van der Waals surface area contributed by atoms with E-state index in [4.69, 9.17) is 4.74 Å². The number of amides is 1. The van der Waals surface area contributed by atoms with Crippen molar-refractivity contribution in [2.24, 2.45) is 0 Å². The van der Waals surface area contributed by atoms with Crippen LogP contribution in [0.4, 0.5) is 11.4 Å². The molecule has 2 aliphatic rings. The minimum Gasteiger partial charge on any atom is -0.495 e. The van der Waals surface area contributed by atoms with Gasteiger partial charge in [-0.2, -0.15) is 0 Å². The monoisotopic (exact) mass is 457 g/mol. The van der Waals surface area contributed by atoms with Crippen molar-refractivity contribution in [1.82, 2.24) is 4.90 Å². The van der Waals surface area contributed by atoms with Crippen LogP contribution in [0.1, 0.15) is 18.4 Å². The Kier molecular flexibility index (Phi) is 6.40. The molecule has 2 aliphatic heterocycles. The first kappa shape index (κ1) is 20.2. The predicted octanol–water partition coefficient (Wildman–Crippen LogP) is 3.95. The topological polar surface area (TPSA) is 36.0 Å². The first-order chi connectivity index (χ1) is 14.2. The van der Waals surface area contributed by atoms with E-state index in [0.29, 0.717) is 6.42 Å². The Hall–Kier alpha value is -2.05. The van der Waals surface area contributed by atoms with Crippen molar-refractivity contribution in [2.75, 3.05) is 56.2 Å². The van der Waals surface area contributed by atoms with Crippen LogP contribution in [-0.2, 0) is 11.2 Å². The van der Waals surface area contributed by atoms with Gasteiger partial charge in [0, 0.05) is 42.9 Å². The van der Waals surface area contributed by atoms with E-state index < -0.39 is 0 Å². The Labute approximate surface area is 181 Å². The summed E-state index contributed by atoms with van der Waals surface area (Å²) >= 11 is 3.52. The molecule has 0 bridgehead atoms. The van der Waals surface area contributed by atoms with Crippen molar-refractivity contribution in [2.45, 2.75) is 19.3 Å². The lowest BCUT2D eigenvalue weighted by atomic mass is 10.2. The van der Waals surface area contributed by atoms with E-state index in [1.54, 1.807) is 7.11 Å². The summed E-state index contributed by atoms with van der Waals surface area (Å²) in [6, 6.07) is 14.4. The second-order valence-corrected chi connectivity index (χ2v) is 8.62. The largest absolute Gasteiger partial charge is 0.495 e. The van der Waals surface area contributed by atoms with Gasteiger partial charge in [-0.05, 0) is 49.2 Å². The van der Waals surface area contributed by atoms with Crippen LogP contribution in [0.2, 0.25) is 0 Å². The fourth-order valence-electron chi connectivity index (χ4n) is 4.28. The average Bonchev–Trinajstić information content (AvgIpc) is 3.06. The molecule has 0 atom stereocenters. The van der Waals surface area contributed by atoms with Gasteiger partial charge in [0.15, 0.2) is 0 Å². The standard InChI is InChI=1S/C23H28BrN3O2/c1-29-22-7-3-2-6-20(22)26-14-12-25(13-15-26)10-4-5-11-27-21-17-19(24)9-8-18(21)16-23(27)28/h2-3,6-9,17H,4-5,10-16H2,1H3. The van der Waals surface area contributed by atoms with Crippen molar-refractivity contribution in [3.8, 4) is 5.75 Å². The van der Waals surface area contributed by atoms with Crippen molar-refractivity contribution in [3.05, 3.63) is 52.5 Å². The number of rotatable bonds is 7. The zero-order valence-electron chi connectivity index (χ0n) is 16.9. The first-order valence-electron chi connectivity index (χ1n) is 10.3. The Balaban J connectivity index is 1.22. The molecule has 29 heavy (non-hydrogen) atoms. The summed E-state index contributed by atoms with van der Waals surface area (Å²) < 4.78 is 6.54. The number of piperazine rings is 1. The third-order valence-electron chi connectivity index (χ3n) is 5.89. The molecule has 2 heterocycles. The first-order valence-corrected chi connectivity index (χ1v) is 11.1. The quantitative estimate of drug-likeness (QED) is 0.589. The summed E-state index contributed by atoms with van der Waals surface area (Å²) in [6.07, 6.45) is 2.68. The van der Waals surface area contributed by atoms with E-state index in [1.807, 2.05) is 23.1 Å². The molecule has 4 rings (SSSR count). The molecule has 1 amide bonds. The molecule has 6 heteroatoms. The molecule has 0 aromatic heterocycles. The molecule has 0 N–H and O–H groups in total. The highest BCUT2D eigenvalue weighted by Crippen LogP contribution is 2.32. The summed E-state index contributed by atoms with van der Waals surface area (Å²) in [7, 11) is 1.73. The molecule has 1 fully saturated rings. The van der Waals surface area contributed by atoms with Crippen LogP contribution in [0, 0.1) is 0 Å². The highest BCUT2D eigenvalue weighted by atomic mass is 79.9. The van der Waals surface area contributed by atoms with Gasteiger partial charge in [-0.25, -0.2) is 0 Å². The summed E-state index contributed by atoms with van der Waals surface area (Å²) in [5.41, 5.74) is 3.41. The number of methoxy groups -OCH3 is 1. The van der Waals surface area contributed by atoms with E-state index in [0.717, 1.165) is 73.6 Å². The Bertz CT molecular complexity index is 865. The zero-order valence-corrected chi connectivity index (χ0v) is 18.5. The molecule has 0 spiro atoms. The van der Waals surface area contributed by atoms with Gasteiger partial charge in [0.1, 0.15) is 5.75 Å². The molecule has 154 valence electrons. The Morgan fingerprint density at radius 2 is 1.72 bits per heavy atom. The smallest absolute Gasteiger partial charge is 0.231 e. The third kappa shape index (κ3) is 4.59. The number of carbonyl (C=O) groups excluding carboxylic acids is 1. The van der Waals surface area contributed by atoms with Crippen LogP contribution >= 0.6 is 15.9 Å². The van der Waals surface area contributed by atoms with Crippen molar-refractivity contribution >= 4 is 33.2 Å². The number of hydrogen-bond acceptors (Lipinski definition) is 4. The number of para-hydroxylation sites is 2. The van der Waals surface area contributed by atoms with Gasteiger partial charge in [0.05, 0.1) is 19.2 Å². The highest BCUT2D eigenvalue weighted by molar-refractivity contribution is 9.10. The van der Waals surface area contributed by atoms with Crippen molar-refractivity contribution < 1.29 is 9.53 Å². The van der Waals surface area contributed by atoms with Crippen molar-refractivity contribution in [1.29, 1.82) is 0 Å². The lowest BCUT2D eigenvalue weighted by Crippen LogP contribution is -2.46. The molecule has 0 aliphatic carbocycles. The number of ether oxygens (including phenoxy) is 1. The van der Waals surface area contributed by atoms with Crippen LogP contribution in [0.5, 0.6) is 5.75 Å². The van der Waals surface area contributed by atoms with Gasteiger partial charge >= 0.3 is 0 Å². The van der Waals surface area contributed by atoms with Crippen LogP contribution in [0.25, 0.3) is 0 Å².